The van der Waals surface area contributed by atoms with E-state index in [2.05, 4.69) is 41.5 Å². The highest BCUT2D eigenvalue weighted by atomic mass is 16.5. The van der Waals surface area contributed by atoms with Crippen molar-refractivity contribution in [3.8, 4) is 0 Å². The molecule has 0 bridgehead atoms. The van der Waals surface area contributed by atoms with Crippen LogP contribution in [-0.4, -0.2) is 77.9 Å². The molecule has 1 aromatic carbocycles. The third-order valence-corrected chi connectivity index (χ3v) is 5.21. The number of piperazine rings is 1. The van der Waals surface area contributed by atoms with E-state index in [1.165, 1.54) is 5.52 Å². The maximum Gasteiger partial charge on any atom is 0.320 e. The van der Waals surface area contributed by atoms with Crippen LogP contribution in [0.4, 0.5) is 10.7 Å². The fraction of sp³-hybridized carbons (Fsp3) is 0.579. The second-order valence-corrected chi connectivity index (χ2v) is 7.22. The molecule has 1 aromatic heterocycles. The quantitative estimate of drug-likeness (QED) is 0.827. The van der Waals surface area contributed by atoms with Gasteiger partial charge in [0.05, 0.1) is 24.2 Å². The SMILES string of the molecule is CC(C)n1c(N2CCN(C(=O)N3CCOCC3)CC2)nc2ccccc21. The number of hydrogen-bond donors (Lipinski definition) is 0. The van der Waals surface area contributed by atoms with E-state index in [4.69, 9.17) is 9.72 Å². The highest BCUT2D eigenvalue weighted by Crippen LogP contribution is 2.27. The summed E-state index contributed by atoms with van der Waals surface area (Å²) in [6, 6.07) is 8.77. The summed E-state index contributed by atoms with van der Waals surface area (Å²) in [5.41, 5.74) is 2.20. The zero-order chi connectivity index (χ0) is 18.1. The Morgan fingerprint density at radius 1 is 1.00 bits per heavy atom. The number of para-hydroxylation sites is 2. The topological polar surface area (TPSA) is 53.8 Å². The van der Waals surface area contributed by atoms with E-state index in [1.54, 1.807) is 0 Å². The number of carbonyl (C=O) groups excluding carboxylic acids is 1. The number of amides is 2. The molecule has 2 aliphatic heterocycles. The fourth-order valence-corrected chi connectivity index (χ4v) is 3.82. The summed E-state index contributed by atoms with van der Waals surface area (Å²) in [7, 11) is 0. The molecule has 0 saturated carbocycles. The Hall–Kier alpha value is -2.28. The minimum absolute atomic E-state index is 0.144. The Bertz CT molecular complexity index is 773. The van der Waals surface area contributed by atoms with Gasteiger partial charge in [-0.1, -0.05) is 12.1 Å². The highest BCUT2D eigenvalue weighted by Gasteiger charge is 2.28. The number of hydrogen-bond acceptors (Lipinski definition) is 4. The number of aromatic nitrogens is 2. The van der Waals surface area contributed by atoms with Crippen molar-refractivity contribution in [3.05, 3.63) is 24.3 Å². The lowest BCUT2D eigenvalue weighted by atomic mass is 10.3. The molecule has 2 amide bonds. The summed E-state index contributed by atoms with van der Waals surface area (Å²) in [5.74, 6) is 1.01. The van der Waals surface area contributed by atoms with Crippen molar-refractivity contribution in [2.24, 2.45) is 0 Å². The first-order valence-electron chi connectivity index (χ1n) is 9.48. The first kappa shape index (κ1) is 17.1. The van der Waals surface area contributed by atoms with Crippen LogP contribution < -0.4 is 4.90 Å². The van der Waals surface area contributed by atoms with Crippen molar-refractivity contribution in [1.29, 1.82) is 0 Å². The molecular formula is C19H27N5O2. The molecule has 0 aliphatic carbocycles. The van der Waals surface area contributed by atoms with Gasteiger partial charge in [0.1, 0.15) is 0 Å². The third kappa shape index (κ3) is 3.11. The van der Waals surface area contributed by atoms with Crippen LogP contribution in [0.25, 0.3) is 11.0 Å². The molecular weight excluding hydrogens is 330 g/mol. The summed E-state index contributed by atoms with van der Waals surface area (Å²) in [5, 5.41) is 0. The van der Waals surface area contributed by atoms with E-state index in [0.29, 0.717) is 32.3 Å². The summed E-state index contributed by atoms with van der Waals surface area (Å²) < 4.78 is 7.65. The molecule has 4 rings (SSSR count). The number of nitrogens with zero attached hydrogens (tertiary/aromatic N) is 5. The van der Waals surface area contributed by atoms with Gasteiger partial charge in [0.25, 0.3) is 0 Å². The predicted octanol–water partition coefficient (Wildman–Crippen LogP) is 2.19. The normalized spacial score (nSPS) is 18.8. The van der Waals surface area contributed by atoms with Gasteiger partial charge in [-0.05, 0) is 26.0 Å². The second-order valence-electron chi connectivity index (χ2n) is 7.22. The number of imidazole rings is 1. The number of anilines is 1. The van der Waals surface area contributed by atoms with Crippen molar-refractivity contribution in [2.45, 2.75) is 19.9 Å². The Labute approximate surface area is 154 Å². The second kappa shape index (κ2) is 7.15. The molecule has 140 valence electrons. The summed E-state index contributed by atoms with van der Waals surface area (Å²) in [6.45, 7) is 10.2. The molecule has 2 fully saturated rings. The van der Waals surface area contributed by atoms with Crippen LogP contribution in [0.3, 0.4) is 0 Å². The van der Waals surface area contributed by atoms with Crippen molar-refractivity contribution in [3.63, 3.8) is 0 Å². The first-order valence-corrected chi connectivity index (χ1v) is 9.48. The Morgan fingerprint density at radius 3 is 2.35 bits per heavy atom. The smallest absolute Gasteiger partial charge is 0.320 e. The molecule has 7 nitrogen and oxygen atoms in total. The molecule has 0 radical (unpaired) electrons. The third-order valence-electron chi connectivity index (χ3n) is 5.21. The minimum Gasteiger partial charge on any atom is -0.378 e. The summed E-state index contributed by atoms with van der Waals surface area (Å²) in [6.07, 6.45) is 0. The molecule has 2 saturated heterocycles. The van der Waals surface area contributed by atoms with Gasteiger partial charge in [0, 0.05) is 45.3 Å². The Balaban J connectivity index is 1.49. The largest absolute Gasteiger partial charge is 0.378 e. The van der Waals surface area contributed by atoms with Crippen LogP contribution in [0.5, 0.6) is 0 Å². The number of rotatable bonds is 2. The zero-order valence-electron chi connectivity index (χ0n) is 15.6. The van der Waals surface area contributed by atoms with Crippen LogP contribution in [-0.2, 0) is 4.74 Å². The fourth-order valence-electron chi connectivity index (χ4n) is 3.82. The lowest BCUT2D eigenvalue weighted by Gasteiger charge is -2.39. The average Bonchev–Trinajstić information content (AvgIpc) is 3.08. The highest BCUT2D eigenvalue weighted by molar-refractivity contribution is 5.79. The molecule has 26 heavy (non-hydrogen) atoms. The van der Waals surface area contributed by atoms with Gasteiger partial charge in [-0.2, -0.15) is 0 Å². The van der Waals surface area contributed by atoms with Crippen molar-refractivity contribution >= 4 is 23.0 Å². The van der Waals surface area contributed by atoms with Crippen LogP contribution in [0.15, 0.2) is 24.3 Å². The molecule has 0 atom stereocenters. The number of ether oxygens (including phenoxy) is 1. The van der Waals surface area contributed by atoms with E-state index in [0.717, 1.165) is 37.6 Å². The van der Waals surface area contributed by atoms with E-state index >= 15 is 0 Å². The molecule has 0 unspecified atom stereocenters. The van der Waals surface area contributed by atoms with Crippen LogP contribution >= 0.6 is 0 Å². The number of fused-ring (bicyclic) bond motifs is 1. The Kier molecular flexibility index (Phi) is 4.72. The van der Waals surface area contributed by atoms with Gasteiger partial charge in [-0.3, -0.25) is 0 Å². The maximum absolute atomic E-state index is 12.7. The number of benzene rings is 1. The summed E-state index contributed by atoms with van der Waals surface area (Å²) >= 11 is 0. The van der Waals surface area contributed by atoms with E-state index in [-0.39, 0.29) is 6.03 Å². The molecule has 7 heteroatoms. The van der Waals surface area contributed by atoms with Gasteiger partial charge >= 0.3 is 6.03 Å². The Morgan fingerprint density at radius 2 is 1.65 bits per heavy atom. The average molecular weight is 357 g/mol. The van der Waals surface area contributed by atoms with Gasteiger partial charge in [-0.15, -0.1) is 0 Å². The summed E-state index contributed by atoms with van der Waals surface area (Å²) in [4.78, 5) is 23.7. The maximum atomic E-state index is 12.7. The van der Waals surface area contributed by atoms with Crippen LogP contribution in [0.1, 0.15) is 19.9 Å². The predicted molar refractivity (Wildman–Crippen MR) is 102 cm³/mol. The van der Waals surface area contributed by atoms with E-state index in [9.17, 15) is 4.79 Å². The molecule has 2 aliphatic rings. The first-order chi connectivity index (χ1) is 12.6. The van der Waals surface area contributed by atoms with E-state index in [1.807, 2.05) is 15.9 Å². The monoisotopic (exact) mass is 357 g/mol. The number of urea groups is 1. The van der Waals surface area contributed by atoms with Crippen molar-refractivity contribution in [1.82, 2.24) is 19.4 Å². The molecule has 0 spiro atoms. The molecule has 2 aromatic rings. The van der Waals surface area contributed by atoms with Gasteiger partial charge in [-0.25, -0.2) is 9.78 Å². The standard InChI is InChI=1S/C19H27N5O2/c1-15(2)24-17-6-4-3-5-16(17)20-18(24)21-7-9-22(10-8-21)19(25)23-11-13-26-14-12-23/h3-6,15H,7-14H2,1-2H3. The lowest BCUT2D eigenvalue weighted by molar-refractivity contribution is 0.0428. The van der Waals surface area contributed by atoms with Crippen molar-refractivity contribution in [2.75, 3.05) is 57.4 Å². The van der Waals surface area contributed by atoms with Crippen LogP contribution in [0.2, 0.25) is 0 Å². The molecule has 0 N–H and O–H groups in total. The van der Waals surface area contributed by atoms with Gasteiger partial charge < -0.3 is 24.0 Å². The van der Waals surface area contributed by atoms with Crippen LogP contribution in [0, 0.1) is 0 Å². The number of carbonyl (C=O) groups is 1. The van der Waals surface area contributed by atoms with Gasteiger partial charge in [0.2, 0.25) is 5.95 Å². The minimum atomic E-state index is 0.144. The zero-order valence-corrected chi connectivity index (χ0v) is 15.6. The van der Waals surface area contributed by atoms with E-state index < -0.39 is 0 Å². The van der Waals surface area contributed by atoms with Crippen molar-refractivity contribution < 1.29 is 9.53 Å². The lowest BCUT2D eigenvalue weighted by Crippen LogP contribution is -2.55. The van der Waals surface area contributed by atoms with Gasteiger partial charge in [0.15, 0.2) is 0 Å². The molecule has 3 heterocycles. The number of morpholine rings is 1.